The first-order valence-corrected chi connectivity index (χ1v) is 6.93. The predicted molar refractivity (Wildman–Crippen MR) is 63.9 cm³/mol. The number of hydrogen-bond donors (Lipinski definition) is 1. The summed E-state index contributed by atoms with van der Waals surface area (Å²) in [5.74, 6) is 0. The van der Waals surface area contributed by atoms with Gasteiger partial charge in [-0.2, -0.15) is 0 Å². The Bertz CT molecular complexity index is 493. The molecule has 1 rings (SSSR count). The average Bonchev–Trinajstić information content (AvgIpc) is 2.25. The number of sulfone groups is 1. The molecule has 0 saturated carbocycles. The van der Waals surface area contributed by atoms with Crippen LogP contribution in [0.15, 0.2) is 29.2 Å². The zero-order valence-electron chi connectivity index (χ0n) is 9.75. The van der Waals surface area contributed by atoms with E-state index in [1.165, 1.54) is 24.1 Å². The van der Waals surface area contributed by atoms with E-state index < -0.39 is 15.9 Å². The SMILES string of the molecule is CN(CCc1ccc(S(C)(=O)=O)cc1)C(=O)O. The number of nitrogens with zero attached hydrogens (tertiary/aromatic N) is 1. The van der Waals surface area contributed by atoms with Crippen LogP contribution in [0.2, 0.25) is 0 Å². The van der Waals surface area contributed by atoms with Gasteiger partial charge >= 0.3 is 6.09 Å². The third-order valence-electron chi connectivity index (χ3n) is 2.41. The lowest BCUT2D eigenvalue weighted by Crippen LogP contribution is -2.26. The first kappa shape index (κ1) is 13.5. The van der Waals surface area contributed by atoms with Crippen LogP contribution in [0, 0.1) is 0 Å². The number of carbonyl (C=O) groups is 1. The molecule has 0 aromatic heterocycles. The largest absolute Gasteiger partial charge is 0.465 e. The minimum atomic E-state index is -3.17. The summed E-state index contributed by atoms with van der Waals surface area (Å²) in [6.45, 7) is 0.382. The van der Waals surface area contributed by atoms with Gasteiger partial charge in [-0.3, -0.25) is 0 Å². The van der Waals surface area contributed by atoms with Crippen LogP contribution in [-0.4, -0.2) is 44.4 Å². The van der Waals surface area contributed by atoms with Crippen LogP contribution < -0.4 is 0 Å². The Labute approximate surface area is 101 Å². The fourth-order valence-corrected chi connectivity index (χ4v) is 1.93. The summed E-state index contributed by atoms with van der Waals surface area (Å²) in [4.78, 5) is 12.0. The topological polar surface area (TPSA) is 74.7 Å². The summed E-state index contributed by atoms with van der Waals surface area (Å²) < 4.78 is 22.4. The fourth-order valence-electron chi connectivity index (χ4n) is 1.30. The maximum Gasteiger partial charge on any atom is 0.407 e. The number of rotatable bonds is 4. The lowest BCUT2D eigenvalue weighted by molar-refractivity contribution is 0.156. The third kappa shape index (κ3) is 4.07. The molecule has 0 aliphatic rings. The molecule has 1 amide bonds. The van der Waals surface area contributed by atoms with Crippen LogP contribution in [0.5, 0.6) is 0 Å². The van der Waals surface area contributed by atoms with Crippen LogP contribution in [0.25, 0.3) is 0 Å². The quantitative estimate of drug-likeness (QED) is 0.880. The van der Waals surface area contributed by atoms with E-state index in [1.807, 2.05) is 0 Å². The Kier molecular flexibility index (Phi) is 4.11. The van der Waals surface area contributed by atoms with Crippen molar-refractivity contribution in [3.63, 3.8) is 0 Å². The zero-order valence-corrected chi connectivity index (χ0v) is 10.6. The molecular formula is C11H15NO4S. The summed E-state index contributed by atoms with van der Waals surface area (Å²) in [6.07, 6.45) is 0.741. The monoisotopic (exact) mass is 257 g/mol. The molecule has 0 heterocycles. The van der Waals surface area contributed by atoms with Crippen LogP contribution >= 0.6 is 0 Å². The Balaban J connectivity index is 2.67. The first-order valence-electron chi connectivity index (χ1n) is 5.04. The maximum absolute atomic E-state index is 11.2. The van der Waals surface area contributed by atoms with Gasteiger partial charge in [-0.05, 0) is 24.1 Å². The molecule has 0 bridgehead atoms. The van der Waals surface area contributed by atoms with Crippen molar-refractivity contribution in [2.45, 2.75) is 11.3 Å². The van der Waals surface area contributed by atoms with Gasteiger partial charge in [0.1, 0.15) is 0 Å². The maximum atomic E-state index is 11.2. The second-order valence-corrected chi connectivity index (χ2v) is 5.89. The number of benzene rings is 1. The van der Waals surface area contributed by atoms with Crippen LogP contribution in [0.1, 0.15) is 5.56 Å². The third-order valence-corrected chi connectivity index (χ3v) is 3.54. The van der Waals surface area contributed by atoms with Gasteiger partial charge in [0.2, 0.25) is 0 Å². The molecule has 1 aromatic carbocycles. The summed E-state index contributed by atoms with van der Waals surface area (Å²) in [7, 11) is -1.68. The Hall–Kier alpha value is -1.56. The molecule has 6 heteroatoms. The van der Waals surface area contributed by atoms with Gasteiger partial charge in [0.25, 0.3) is 0 Å². The molecule has 0 aliphatic carbocycles. The summed E-state index contributed by atoms with van der Waals surface area (Å²) in [6, 6.07) is 6.47. The van der Waals surface area contributed by atoms with Crippen LogP contribution in [0.4, 0.5) is 4.79 Å². The van der Waals surface area contributed by atoms with Gasteiger partial charge < -0.3 is 10.0 Å². The first-order chi connectivity index (χ1) is 7.80. The van der Waals surface area contributed by atoms with Gasteiger partial charge in [0.05, 0.1) is 4.90 Å². The van der Waals surface area contributed by atoms with Crippen molar-refractivity contribution >= 4 is 15.9 Å². The van der Waals surface area contributed by atoms with Gasteiger partial charge in [-0.25, -0.2) is 13.2 Å². The van der Waals surface area contributed by atoms with Gasteiger partial charge in [0.15, 0.2) is 9.84 Å². The molecule has 1 aromatic rings. The summed E-state index contributed by atoms with van der Waals surface area (Å²) in [5, 5.41) is 8.66. The Morgan fingerprint density at radius 1 is 1.29 bits per heavy atom. The normalized spacial score (nSPS) is 11.2. The number of likely N-dealkylation sites (N-methyl/N-ethyl adjacent to an activating group) is 1. The fraction of sp³-hybridized carbons (Fsp3) is 0.364. The lowest BCUT2D eigenvalue weighted by atomic mass is 10.1. The summed E-state index contributed by atoms with van der Waals surface area (Å²) >= 11 is 0. The van der Waals surface area contributed by atoms with Crippen LogP contribution in [-0.2, 0) is 16.3 Å². The van der Waals surface area contributed by atoms with E-state index in [0.717, 1.165) is 11.8 Å². The van der Waals surface area contributed by atoms with E-state index in [0.29, 0.717) is 13.0 Å². The van der Waals surface area contributed by atoms with E-state index in [4.69, 9.17) is 5.11 Å². The minimum Gasteiger partial charge on any atom is -0.465 e. The van der Waals surface area contributed by atoms with Crippen molar-refractivity contribution in [1.82, 2.24) is 4.90 Å². The summed E-state index contributed by atoms with van der Waals surface area (Å²) in [5.41, 5.74) is 0.908. The molecule has 0 fully saturated rings. The lowest BCUT2D eigenvalue weighted by Gasteiger charge is -2.12. The molecule has 1 N–H and O–H groups in total. The minimum absolute atomic E-state index is 0.271. The van der Waals surface area contributed by atoms with E-state index in [-0.39, 0.29) is 4.90 Å². The second kappa shape index (κ2) is 5.18. The van der Waals surface area contributed by atoms with Gasteiger partial charge in [-0.1, -0.05) is 12.1 Å². The Morgan fingerprint density at radius 2 is 1.82 bits per heavy atom. The van der Waals surface area contributed by atoms with Gasteiger partial charge in [0, 0.05) is 19.8 Å². The van der Waals surface area contributed by atoms with Crippen molar-refractivity contribution in [2.75, 3.05) is 19.8 Å². The zero-order chi connectivity index (χ0) is 13.1. The molecular weight excluding hydrogens is 242 g/mol. The molecule has 0 unspecified atom stereocenters. The number of amides is 1. The second-order valence-electron chi connectivity index (χ2n) is 3.87. The molecule has 5 nitrogen and oxygen atoms in total. The molecule has 0 atom stereocenters. The van der Waals surface area contributed by atoms with E-state index in [1.54, 1.807) is 12.1 Å². The predicted octanol–water partition coefficient (Wildman–Crippen LogP) is 1.24. The van der Waals surface area contributed by atoms with Crippen molar-refractivity contribution in [3.05, 3.63) is 29.8 Å². The highest BCUT2D eigenvalue weighted by molar-refractivity contribution is 7.90. The highest BCUT2D eigenvalue weighted by Crippen LogP contribution is 2.10. The van der Waals surface area contributed by atoms with E-state index in [9.17, 15) is 13.2 Å². The molecule has 0 spiro atoms. The number of carboxylic acid groups (broad SMARTS) is 1. The standard InChI is InChI=1S/C11H15NO4S/c1-12(11(13)14)8-7-9-3-5-10(6-4-9)17(2,15)16/h3-6H,7-8H2,1-2H3,(H,13,14). The number of hydrogen-bond acceptors (Lipinski definition) is 3. The highest BCUT2D eigenvalue weighted by Gasteiger charge is 2.07. The van der Waals surface area contributed by atoms with Crippen LogP contribution in [0.3, 0.4) is 0 Å². The van der Waals surface area contributed by atoms with Crippen molar-refractivity contribution in [3.8, 4) is 0 Å². The van der Waals surface area contributed by atoms with Crippen molar-refractivity contribution in [1.29, 1.82) is 0 Å². The molecule has 0 radical (unpaired) electrons. The average molecular weight is 257 g/mol. The van der Waals surface area contributed by atoms with Crippen molar-refractivity contribution < 1.29 is 18.3 Å². The highest BCUT2D eigenvalue weighted by atomic mass is 32.2. The molecule has 0 aliphatic heterocycles. The molecule has 94 valence electrons. The smallest absolute Gasteiger partial charge is 0.407 e. The molecule has 17 heavy (non-hydrogen) atoms. The Morgan fingerprint density at radius 3 is 2.24 bits per heavy atom. The van der Waals surface area contributed by atoms with E-state index >= 15 is 0 Å². The van der Waals surface area contributed by atoms with Gasteiger partial charge in [-0.15, -0.1) is 0 Å². The van der Waals surface area contributed by atoms with E-state index in [2.05, 4.69) is 0 Å². The molecule has 0 saturated heterocycles. The van der Waals surface area contributed by atoms with Crippen molar-refractivity contribution in [2.24, 2.45) is 0 Å².